The van der Waals surface area contributed by atoms with Gasteiger partial charge in [-0.05, 0) is 12.3 Å². The molecule has 1 aliphatic heterocycles. The lowest BCUT2D eigenvalue weighted by atomic mass is 10.0. The van der Waals surface area contributed by atoms with E-state index in [9.17, 15) is 0 Å². The van der Waals surface area contributed by atoms with Crippen molar-refractivity contribution in [2.24, 2.45) is 5.92 Å². The summed E-state index contributed by atoms with van der Waals surface area (Å²) < 4.78 is 10.5. The third-order valence-electron chi connectivity index (χ3n) is 2.23. The molecule has 0 bridgehead atoms. The molecule has 0 saturated carbocycles. The molecule has 2 heterocycles. The molecule has 0 aliphatic carbocycles. The molecule has 2 atom stereocenters. The summed E-state index contributed by atoms with van der Waals surface area (Å²) in [7, 11) is 0. The summed E-state index contributed by atoms with van der Waals surface area (Å²) in [6.07, 6.45) is 1.01. The summed E-state index contributed by atoms with van der Waals surface area (Å²) >= 11 is 5.56. The van der Waals surface area contributed by atoms with Gasteiger partial charge in [0.1, 0.15) is 6.10 Å². The highest BCUT2D eigenvalue weighted by molar-refractivity contribution is 6.16. The minimum Gasteiger partial charge on any atom is -0.368 e. The molecule has 13 heavy (non-hydrogen) atoms. The van der Waals surface area contributed by atoms with Crippen molar-refractivity contribution >= 4 is 11.6 Å². The fourth-order valence-corrected chi connectivity index (χ4v) is 1.56. The summed E-state index contributed by atoms with van der Waals surface area (Å²) in [6.45, 7) is 2.88. The minimum atomic E-state index is -0.0375. The highest BCUT2D eigenvalue weighted by Gasteiger charge is 2.30. The lowest BCUT2D eigenvalue weighted by Crippen LogP contribution is -2.04. The average Bonchev–Trinajstić information content (AvgIpc) is 2.71. The first kappa shape index (κ1) is 8.97. The molecular weight excluding hydrogens is 192 g/mol. The number of ether oxygens (including phenoxy) is 1. The van der Waals surface area contributed by atoms with E-state index in [4.69, 9.17) is 20.9 Å². The van der Waals surface area contributed by atoms with Crippen LogP contribution < -0.4 is 0 Å². The maximum Gasteiger partial charge on any atom is 0.256 e. The third kappa shape index (κ3) is 1.69. The lowest BCUT2D eigenvalue weighted by molar-refractivity contribution is 0.0661. The highest BCUT2D eigenvalue weighted by atomic mass is 35.5. The largest absolute Gasteiger partial charge is 0.368 e. The van der Waals surface area contributed by atoms with Crippen LogP contribution in [0.1, 0.15) is 31.2 Å². The van der Waals surface area contributed by atoms with E-state index in [0.29, 0.717) is 17.6 Å². The number of alkyl halides is 1. The topological polar surface area (TPSA) is 48.2 Å². The monoisotopic (exact) mass is 202 g/mol. The molecule has 72 valence electrons. The molecule has 4 nitrogen and oxygen atoms in total. The zero-order valence-corrected chi connectivity index (χ0v) is 8.12. The molecule has 2 unspecified atom stereocenters. The van der Waals surface area contributed by atoms with Gasteiger partial charge in [0.25, 0.3) is 5.89 Å². The van der Waals surface area contributed by atoms with Gasteiger partial charge in [-0.3, -0.25) is 0 Å². The number of hydrogen-bond donors (Lipinski definition) is 0. The van der Waals surface area contributed by atoms with Gasteiger partial charge in [-0.25, -0.2) is 0 Å². The van der Waals surface area contributed by atoms with E-state index in [1.807, 2.05) is 0 Å². The van der Waals surface area contributed by atoms with Crippen molar-refractivity contribution in [2.45, 2.75) is 25.3 Å². The Balaban J connectivity index is 2.15. The molecule has 1 fully saturated rings. The first-order valence-corrected chi connectivity index (χ1v) is 4.84. The SMILES string of the molecule is CC1CCOC1c1nc(CCl)no1. The second-order valence-corrected chi connectivity index (χ2v) is 3.51. The molecule has 0 spiro atoms. The fraction of sp³-hybridized carbons (Fsp3) is 0.750. The zero-order valence-electron chi connectivity index (χ0n) is 7.36. The fourth-order valence-electron chi connectivity index (χ4n) is 1.45. The predicted molar refractivity (Wildman–Crippen MR) is 46.3 cm³/mol. The molecule has 2 rings (SSSR count). The Bertz CT molecular complexity index is 289. The molecule has 0 N–H and O–H groups in total. The van der Waals surface area contributed by atoms with Crippen molar-refractivity contribution < 1.29 is 9.26 Å². The van der Waals surface area contributed by atoms with Crippen LogP contribution in [0.5, 0.6) is 0 Å². The van der Waals surface area contributed by atoms with Crippen molar-refractivity contribution in [3.63, 3.8) is 0 Å². The Kier molecular flexibility index (Phi) is 2.51. The second-order valence-electron chi connectivity index (χ2n) is 3.24. The molecule has 1 aromatic rings. The van der Waals surface area contributed by atoms with Crippen molar-refractivity contribution in [1.29, 1.82) is 0 Å². The molecule has 0 aromatic carbocycles. The summed E-state index contributed by atoms with van der Waals surface area (Å²) in [4.78, 5) is 4.13. The Morgan fingerprint density at radius 2 is 2.46 bits per heavy atom. The van der Waals surface area contributed by atoms with Gasteiger partial charge in [-0.1, -0.05) is 12.1 Å². The molecule has 5 heteroatoms. The van der Waals surface area contributed by atoms with Crippen LogP contribution in [0.15, 0.2) is 4.52 Å². The number of halogens is 1. The normalized spacial score (nSPS) is 28.2. The number of hydrogen-bond acceptors (Lipinski definition) is 4. The van der Waals surface area contributed by atoms with E-state index < -0.39 is 0 Å². The van der Waals surface area contributed by atoms with Crippen LogP contribution in [0.3, 0.4) is 0 Å². The quantitative estimate of drug-likeness (QED) is 0.688. The van der Waals surface area contributed by atoms with Crippen LogP contribution in [0, 0.1) is 5.92 Å². The predicted octanol–water partition coefficient (Wildman–Crippen LogP) is 1.91. The van der Waals surface area contributed by atoms with Gasteiger partial charge in [-0.2, -0.15) is 4.98 Å². The van der Waals surface area contributed by atoms with Gasteiger partial charge < -0.3 is 9.26 Å². The van der Waals surface area contributed by atoms with E-state index >= 15 is 0 Å². The third-order valence-corrected chi connectivity index (χ3v) is 2.47. The van der Waals surface area contributed by atoms with E-state index in [2.05, 4.69) is 17.1 Å². The van der Waals surface area contributed by atoms with E-state index in [0.717, 1.165) is 13.0 Å². The molecule has 1 aromatic heterocycles. The smallest absolute Gasteiger partial charge is 0.256 e. The molecule has 0 radical (unpaired) electrons. The van der Waals surface area contributed by atoms with E-state index in [1.165, 1.54) is 0 Å². The molecular formula is C8H11ClN2O2. The Labute approximate surface area is 81.2 Å². The van der Waals surface area contributed by atoms with Gasteiger partial charge in [0.05, 0.1) is 5.88 Å². The van der Waals surface area contributed by atoms with E-state index in [-0.39, 0.29) is 12.0 Å². The summed E-state index contributed by atoms with van der Waals surface area (Å²) in [5.41, 5.74) is 0. The molecule has 1 saturated heterocycles. The number of aromatic nitrogens is 2. The van der Waals surface area contributed by atoms with Crippen LogP contribution in [0.4, 0.5) is 0 Å². The second kappa shape index (κ2) is 3.64. The summed E-state index contributed by atoms with van der Waals surface area (Å²) in [5, 5.41) is 3.72. The van der Waals surface area contributed by atoms with Crippen molar-refractivity contribution in [3.05, 3.63) is 11.7 Å². The highest BCUT2D eigenvalue weighted by Crippen LogP contribution is 2.32. The van der Waals surface area contributed by atoms with Crippen molar-refractivity contribution in [3.8, 4) is 0 Å². The molecule has 0 amide bonds. The minimum absolute atomic E-state index is 0.0375. The first-order valence-electron chi connectivity index (χ1n) is 4.31. The van der Waals surface area contributed by atoms with Crippen LogP contribution in [0.2, 0.25) is 0 Å². The number of nitrogens with zero attached hydrogens (tertiary/aromatic N) is 2. The Hall–Kier alpha value is -0.610. The maximum absolute atomic E-state index is 5.56. The zero-order chi connectivity index (χ0) is 9.26. The standard InChI is InChI=1S/C8H11ClN2O2/c1-5-2-3-12-7(5)8-10-6(4-9)11-13-8/h5,7H,2-4H2,1H3. The summed E-state index contributed by atoms with van der Waals surface area (Å²) in [5.74, 6) is 1.81. The van der Waals surface area contributed by atoms with Crippen molar-refractivity contribution in [1.82, 2.24) is 10.1 Å². The van der Waals surface area contributed by atoms with Crippen LogP contribution in [-0.4, -0.2) is 16.7 Å². The van der Waals surface area contributed by atoms with Gasteiger partial charge in [0, 0.05) is 6.61 Å². The van der Waals surface area contributed by atoms with Gasteiger partial charge in [-0.15, -0.1) is 11.6 Å². The number of rotatable bonds is 2. The van der Waals surface area contributed by atoms with Crippen LogP contribution >= 0.6 is 11.6 Å². The van der Waals surface area contributed by atoms with Crippen LogP contribution in [0.25, 0.3) is 0 Å². The van der Waals surface area contributed by atoms with Crippen molar-refractivity contribution in [2.75, 3.05) is 6.61 Å². The van der Waals surface area contributed by atoms with Gasteiger partial charge in [0.15, 0.2) is 5.82 Å². The maximum atomic E-state index is 5.56. The van der Waals surface area contributed by atoms with E-state index in [1.54, 1.807) is 0 Å². The van der Waals surface area contributed by atoms with Crippen LogP contribution in [-0.2, 0) is 10.6 Å². The van der Waals surface area contributed by atoms with Gasteiger partial charge in [0.2, 0.25) is 0 Å². The Morgan fingerprint density at radius 1 is 1.62 bits per heavy atom. The van der Waals surface area contributed by atoms with Gasteiger partial charge >= 0.3 is 0 Å². The Morgan fingerprint density at radius 3 is 3.00 bits per heavy atom. The lowest BCUT2D eigenvalue weighted by Gasteiger charge is -2.07. The molecule has 1 aliphatic rings. The summed E-state index contributed by atoms with van der Waals surface area (Å²) in [6, 6.07) is 0. The average molecular weight is 203 g/mol. The first-order chi connectivity index (χ1) is 6.31.